The molecule has 2 fully saturated rings. The zero-order valence-corrected chi connectivity index (χ0v) is 23.3. The van der Waals surface area contributed by atoms with Gasteiger partial charge in [0.05, 0.1) is 5.70 Å². The van der Waals surface area contributed by atoms with Crippen molar-refractivity contribution in [2.75, 3.05) is 31.1 Å². The Kier molecular flexibility index (Phi) is 7.49. The minimum Gasteiger partial charge on any atom is -0.478 e. The zero-order valence-electron chi connectivity index (χ0n) is 20.9. The van der Waals surface area contributed by atoms with Crippen LogP contribution in [0.4, 0.5) is 5.13 Å². The van der Waals surface area contributed by atoms with Crippen molar-refractivity contribution in [2.45, 2.75) is 43.7 Å². The highest BCUT2D eigenvalue weighted by atomic mass is 35.5. The van der Waals surface area contributed by atoms with Crippen LogP contribution < -0.4 is 11.1 Å². The first-order valence-electron chi connectivity index (χ1n) is 11.9. The van der Waals surface area contributed by atoms with Gasteiger partial charge < -0.3 is 21.0 Å². The van der Waals surface area contributed by atoms with Gasteiger partial charge in [0.15, 0.2) is 16.7 Å². The number of hydrogen-bond acceptors (Lipinski definition) is 13. The van der Waals surface area contributed by atoms with Gasteiger partial charge in [-0.3, -0.25) is 19.4 Å². The number of carboxylic acid groups (broad SMARTS) is 1. The molecule has 2 atom stereocenters. The lowest BCUT2D eigenvalue weighted by molar-refractivity contribution is -0.161. The average Bonchev–Trinajstić information content (AvgIpc) is 3.66. The predicted molar refractivity (Wildman–Crippen MR) is 143 cm³/mol. The molecule has 2 saturated heterocycles. The molecule has 0 radical (unpaired) electrons. The molecule has 5 rings (SSSR count). The van der Waals surface area contributed by atoms with Crippen LogP contribution in [0.15, 0.2) is 10.7 Å². The number of fused-ring (bicyclic) bond motifs is 1. The number of aromatic nitrogens is 5. The predicted octanol–water partition coefficient (Wildman–Crippen LogP) is 0.383. The molecule has 0 spiro atoms. The molecule has 5 N–H and O–H groups in total. The number of amides is 2. The molecule has 208 valence electrons. The second-order valence-electron chi connectivity index (χ2n) is 9.57. The van der Waals surface area contributed by atoms with Gasteiger partial charge in [0, 0.05) is 12.3 Å². The molecule has 2 aromatic heterocycles. The number of nitrogens with one attached hydrogen (secondary N) is 2. The number of nitrogen functional groups attached to an aromatic ring is 1. The molecular weight excluding hydrogens is 572 g/mol. The van der Waals surface area contributed by atoms with Crippen molar-refractivity contribution in [1.29, 1.82) is 0 Å². The number of H-pyrrole nitrogens is 1. The number of hydrogen-bond donors (Lipinski definition) is 4. The highest BCUT2D eigenvalue weighted by molar-refractivity contribution is 8.00. The Morgan fingerprint density at radius 1 is 1.36 bits per heavy atom. The summed E-state index contributed by atoms with van der Waals surface area (Å²) in [7, 11) is 0. The summed E-state index contributed by atoms with van der Waals surface area (Å²) in [5, 5.41) is 29.6. The Labute approximate surface area is 235 Å². The van der Waals surface area contributed by atoms with Gasteiger partial charge in [-0.25, -0.2) is 14.9 Å². The molecule has 39 heavy (non-hydrogen) atoms. The van der Waals surface area contributed by atoms with Gasteiger partial charge in [0.1, 0.15) is 21.4 Å². The number of likely N-dealkylation sites (tertiary alicyclic amines) is 1. The second-order valence-corrected chi connectivity index (χ2v) is 12.3. The Bertz CT molecular complexity index is 1350. The third-order valence-corrected chi connectivity index (χ3v) is 8.86. The van der Waals surface area contributed by atoms with E-state index in [9.17, 15) is 19.5 Å². The van der Waals surface area contributed by atoms with Crippen LogP contribution in [0, 0.1) is 0 Å². The van der Waals surface area contributed by atoms with Crippen LogP contribution in [0.1, 0.15) is 38.2 Å². The number of carboxylic acids is 1. The molecule has 0 aliphatic carbocycles. The number of oxime groups is 1. The van der Waals surface area contributed by atoms with E-state index in [1.165, 1.54) is 25.6 Å². The van der Waals surface area contributed by atoms with Crippen LogP contribution >= 0.6 is 34.7 Å². The first-order chi connectivity index (χ1) is 18.6. The van der Waals surface area contributed by atoms with Gasteiger partial charge in [-0.1, -0.05) is 28.1 Å². The van der Waals surface area contributed by atoms with E-state index < -0.39 is 34.6 Å². The van der Waals surface area contributed by atoms with E-state index >= 15 is 0 Å². The minimum absolute atomic E-state index is 0.0568. The Balaban J connectivity index is 1.39. The van der Waals surface area contributed by atoms with Crippen LogP contribution in [0.2, 0.25) is 4.34 Å². The van der Waals surface area contributed by atoms with Crippen LogP contribution in [-0.4, -0.2) is 106 Å². The standard InChI is InChI=1S/C21H25ClN10O5S2/c1-21(2,19(35)36)37-28-11(10-14(22)39-20(23)25-10)16(33)24-12-17(34)32-13(15-26-29-30-27-15)9(8-38-18(12)32)7-31-5-3-4-6-31/h12,18H,3-8H2,1-2H3,(H2,23,25)(H,24,33)(H,35,36)(H,26,27,29,30)/b28-11-/t12-,18-/m1/s1. The van der Waals surface area contributed by atoms with E-state index in [2.05, 4.69) is 41.0 Å². The number of thioether (sulfide) groups is 1. The molecule has 3 aliphatic heterocycles. The zero-order chi connectivity index (χ0) is 27.9. The summed E-state index contributed by atoms with van der Waals surface area (Å²) in [4.78, 5) is 51.4. The van der Waals surface area contributed by atoms with Crippen molar-refractivity contribution in [2.24, 2.45) is 5.16 Å². The molecule has 5 heterocycles. The van der Waals surface area contributed by atoms with E-state index in [0.717, 1.165) is 42.8 Å². The van der Waals surface area contributed by atoms with Crippen molar-refractivity contribution in [3.8, 4) is 0 Å². The number of carbonyl (C=O) groups excluding carboxylic acids is 2. The largest absolute Gasteiger partial charge is 0.478 e. The number of nitrogens with zero attached hydrogens (tertiary/aromatic N) is 7. The number of aromatic amines is 1. The normalized spacial score (nSPS) is 22.1. The Morgan fingerprint density at radius 3 is 2.72 bits per heavy atom. The maximum absolute atomic E-state index is 13.4. The van der Waals surface area contributed by atoms with E-state index in [0.29, 0.717) is 23.8 Å². The third-order valence-electron chi connectivity index (χ3n) is 6.44. The van der Waals surface area contributed by atoms with Crippen LogP contribution in [0.5, 0.6) is 0 Å². The smallest absolute Gasteiger partial charge is 0.350 e. The summed E-state index contributed by atoms with van der Waals surface area (Å²) in [6.07, 6.45) is 2.26. The highest BCUT2D eigenvalue weighted by Gasteiger charge is 2.54. The summed E-state index contributed by atoms with van der Waals surface area (Å²) in [5.41, 5.74) is 5.13. The number of nitrogens with two attached hydrogens (primary N) is 1. The van der Waals surface area contributed by atoms with Crippen molar-refractivity contribution >= 4 is 69.0 Å². The number of anilines is 1. The molecule has 0 bridgehead atoms. The first kappa shape index (κ1) is 27.3. The number of rotatable bonds is 9. The lowest BCUT2D eigenvalue weighted by Crippen LogP contribution is -2.70. The summed E-state index contributed by atoms with van der Waals surface area (Å²) in [6, 6.07) is -0.908. The minimum atomic E-state index is -1.75. The summed E-state index contributed by atoms with van der Waals surface area (Å²) >= 11 is 8.64. The van der Waals surface area contributed by atoms with Crippen molar-refractivity contribution in [3.05, 3.63) is 21.4 Å². The lowest BCUT2D eigenvalue weighted by Gasteiger charge is -2.50. The molecular formula is C21H25ClN10O5S2. The van der Waals surface area contributed by atoms with E-state index in [-0.39, 0.29) is 21.1 Å². The van der Waals surface area contributed by atoms with E-state index in [1.54, 1.807) is 4.90 Å². The van der Waals surface area contributed by atoms with E-state index in [1.807, 2.05) is 0 Å². The molecule has 2 amide bonds. The Morgan fingerprint density at radius 2 is 2.10 bits per heavy atom. The number of aliphatic carboxylic acids is 1. The molecule has 18 heteroatoms. The quantitative estimate of drug-likeness (QED) is 0.176. The van der Waals surface area contributed by atoms with Crippen molar-refractivity contribution in [3.63, 3.8) is 0 Å². The number of tetrazole rings is 1. The third kappa shape index (κ3) is 5.30. The van der Waals surface area contributed by atoms with Crippen LogP contribution in [0.3, 0.4) is 0 Å². The fourth-order valence-electron chi connectivity index (χ4n) is 4.37. The van der Waals surface area contributed by atoms with Gasteiger partial charge in [-0.15, -0.1) is 16.9 Å². The number of carbonyl (C=O) groups is 3. The molecule has 0 saturated carbocycles. The summed E-state index contributed by atoms with van der Waals surface area (Å²) < 4.78 is 0.0568. The van der Waals surface area contributed by atoms with Crippen molar-refractivity contribution in [1.82, 2.24) is 40.7 Å². The maximum Gasteiger partial charge on any atom is 0.350 e. The van der Waals surface area contributed by atoms with Gasteiger partial charge >= 0.3 is 5.97 Å². The fourth-order valence-corrected chi connectivity index (χ4v) is 6.63. The van der Waals surface area contributed by atoms with Gasteiger partial charge in [-0.2, -0.15) is 0 Å². The highest BCUT2D eigenvalue weighted by Crippen LogP contribution is 2.43. The molecule has 2 aromatic rings. The van der Waals surface area contributed by atoms with Crippen LogP contribution in [0.25, 0.3) is 5.70 Å². The van der Waals surface area contributed by atoms with E-state index in [4.69, 9.17) is 22.2 Å². The lowest BCUT2D eigenvalue weighted by atomic mass is 10.0. The molecule has 0 aromatic carbocycles. The Hall–Kier alpha value is -3.28. The van der Waals surface area contributed by atoms with Gasteiger partial charge in [-0.05, 0) is 55.8 Å². The van der Waals surface area contributed by atoms with Gasteiger partial charge in [0.25, 0.3) is 11.8 Å². The van der Waals surface area contributed by atoms with Gasteiger partial charge in [0.2, 0.25) is 5.60 Å². The SMILES string of the molecule is CC(C)(O/N=C(\C(=O)N[C@@H]1C(=O)N2C(c3nnn[nH]3)=C(CN3CCCC3)CS[C@H]12)c1nc(N)sc1Cl)C(=O)O. The van der Waals surface area contributed by atoms with Crippen molar-refractivity contribution < 1.29 is 24.3 Å². The number of halogens is 1. The number of thiazole rings is 1. The topological polar surface area (TPSA) is 205 Å². The number of β-lactam (4-membered cyclic amide) rings is 1. The molecule has 0 unspecified atom stereocenters. The molecule has 3 aliphatic rings. The summed E-state index contributed by atoms with van der Waals surface area (Å²) in [6.45, 7) is 5.19. The summed E-state index contributed by atoms with van der Waals surface area (Å²) in [5.74, 6) is -1.50. The first-order valence-corrected chi connectivity index (χ1v) is 14.2. The maximum atomic E-state index is 13.4. The monoisotopic (exact) mass is 596 g/mol. The fraction of sp³-hybridized carbons (Fsp3) is 0.524. The van der Waals surface area contributed by atoms with Crippen LogP contribution in [-0.2, 0) is 19.2 Å². The average molecular weight is 597 g/mol. The molecule has 15 nitrogen and oxygen atoms in total. The second kappa shape index (κ2) is 10.7.